The van der Waals surface area contributed by atoms with Crippen LogP contribution < -0.4 is 5.56 Å². The number of fused-ring (bicyclic) bond motifs is 1. The number of H-pyrrole nitrogens is 1. The Morgan fingerprint density at radius 3 is 2.55 bits per heavy atom. The summed E-state index contributed by atoms with van der Waals surface area (Å²) in [5.41, 5.74) is 2.23. The van der Waals surface area contributed by atoms with Gasteiger partial charge in [-0.1, -0.05) is 6.07 Å². The molecule has 2 fully saturated rings. The Hall–Kier alpha value is -3.93. The molecule has 2 aliphatic carbocycles. The zero-order valence-corrected chi connectivity index (χ0v) is 18.1. The Labute approximate surface area is 189 Å². The van der Waals surface area contributed by atoms with Gasteiger partial charge in [-0.25, -0.2) is 19.6 Å². The van der Waals surface area contributed by atoms with Crippen LogP contribution in [0.4, 0.5) is 0 Å². The number of aromatic amines is 1. The summed E-state index contributed by atoms with van der Waals surface area (Å²) in [6.45, 7) is 1.98. The van der Waals surface area contributed by atoms with Crippen molar-refractivity contribution in [1.82, 2.24) is 34.7 Å². The van der Waals surface area contributed by atoms with Crippen molar-refractivity contribution in [2.75, 3.05) is 0 Å². The quantitative estimate of drug-likeness (QED) is 0.506. The van der Waals surface area contributed by atoms with Gasteiger partial charge in [0.2, 0.25) is 0 Å². The van der Waals surface area contributed by atoms with E-state index in [9.17, 15) is 10.1 Å². The Balaban J connectivity index is 1.41. The summed E-state index contributed by atoms with van der Waals surface area (Å²) in [6.07, 6.45) is 9.55. The van der Waals surface area contributed by atoms with E-state index in [2.05, 4.69) is 37.2 Å². The normalized spacial score (nSPS) is 20.8. The van der Waals surface area contributed by atoms with Crippen molar-refractivity contribution in [1.29, 1.82) is 5.26 Å². The van der Waals surface area contributed by atoms with Crippen LogP contribution in [0, 0.1) is 11.3 Å². The van der Waals surface area contributed by atoms with Gasteiger partial charge in [-0.2, -0.15) is 10.4 Å². The first kappa shape index (κ1) is 19.7. The molecule has 0 amide bonds. The maximum absolute atomic E-state index is 13.0. The van der Waals surface area contributed by atoms with E-state index >= 15 is 0 Å². The van der Waals surface area contributed by atoms with Crippen LogP contribution in [-0.2, 0) is 0 Å². The molecule has 2 aliphatic rings. The van der Waals surface area contributed by atoms with Crippen molar-refractivity contribution in [3.05, 3.63) is 75.7 Å². The number of nitriles is 1. The van der Waals surface area contributed by atoms with Crippen molar-refractivity contribution >= 4 is 11.0 Å². The Morgan fingerprint density at radius 2 is 1.91 bits per heavy atom. The highest BCUT2D eigenvalue weighted by Gasteiger charge is 2.38. The summed E-state index contributed by atoms with van der Waals surface area (Å²) >= 11 is 0. The van der Waals surface area contributed by atoms with Gasteiger partial charge >= 0.3 is 0 Å². The van der Waals surface area contributed by atoms with Gasteiger partial charge in [0.1, 0.15) is 23.1 Å². The third-order valence-corrected chi connectivity index (χ3v) is 6.88. The van der Waals surface area contributed by atoms with E-state index in [0.29, 0.717) is 17.4 Å². The SMILES string of the molecule is CC(c1ccc(C2CC2)nc1)n1nc(C#N)c2c(=O)[nH]c([C@@H]3CC[C@@H]3c3ncccn3)nc21. The van der Waals surface area contributed by atoms with Crippen LogP contribution in [0.25, 0.3) is 11.0 Å². The Morgan fingerprint density at radius 1 is 1.12 bits per heavy atom. The minimum atomic E-state index is -0.341. The van der Waals surface area contributed by atoms with Crippen LogP contribution in [0.5, 0.6) is 0 Å². The third-order valence-electron chi connectivity index (χ3n) is 6.88. The smallest absolute Gasteiger partial charge is 0.263 e. The van der Waals surface area contributed by atoms with Crippen LogP contribution in [0.2, 0.25) is 0 Å². The molecule has 2 saturated carbocycles. The maximum atomic E-state index is 13.0. The lowest BCUT2D eigenvalue weighted by Crippen LogP contribution is -2.28. The van der Waals surface area contributed by atoms with Crippen molar-refractivity contribution in [2.24, 2.45) is 0 Å². The molecule has 4 aromatic heterocycles. The predicted octanol–water partition coefficient (Wildman–Crippen LogP) is 3.32. The van der Waals surface area contributed by atoms with Gasteiger partial charge in [-0.15, -0.1) is 0 Å². The number of hydrogen-bond donors (Lipinski definition) is 1. The fraction of sp³-hybridized carbons (Fsp3) is 0.375. The molecule has 1 N–H and O–H groups in total. The van der Waals surface area contributed by atoms with E-state index in [0.717, 1.165) is 29.9 Å². The first-order chi connectivity index (χ1) is 16.1. The average Bonchev–Trinajstić information content (AvgIpc) is 3.59. The molecule has 1 unspecified atom stereocenters. The molecule has 0 spiro atoms. The molecule has 33 heavy (non-hydrogen) atoms. The number of hydrogen-bond acceptors (Lipinski definition) is 7. The monoisotopic (exact) mass is 438 g/mol. The number of rotatable bonds is 5. The van der Waals surface area contributed by atoms with Gasteiger partial charge in [0.25, 0.3) is 5.56 Å². The van der Waals surface area contributed by atoms with Crippen LogP contribution in [0.1, 0.15) is 85.0 Å². The second kappa shape index (κ2) is 7.59. The summed E-state index contributed by atoms with van der Waals surface area (Å²) in [6, 6.07) is 7.72. The van der Waals surface area contributed by atoms with Crippen LogP contribution in [0.3, 0.4) is 0 Å². The van der Waals surface area contributed by atoms with Gasteiger partial charge in [0.15, 0.2) is 11.3 Å². The van der Waals surface area contributed by atoms with Gasteiger partial charge in [-0.05, 0) is 50.3 Å². The number of aromatic nitrogens is 7. The van der Waals surface area contributed by atoms with E-state index in [-0.39, 0.29) is 34.5 Å². The zero-order valence-electron chi connectivity index (χ0n) is 18.1. The Kier molecular flexibility index (Phi) is 4.54. The number of nitrogens with zero attached hydrogens (tertiary/aromatic N) is 7. The molecule has 0 saturated heterocycles. The summed E-state index contributed by atoms with van der Waals surface area (Å²) in [7, 11) is 0. The maximum Gasteiger partial charge on any atom is 0.263 e. The predicted molar refractivity (Wildman–Crippen MR) is 120 cm³/mol. The van der Waals surface area contributed by atoms with Crippen LogP contribution >= 0.6 is 0 Å². The average molecular weight is 438 g/mol. The van der Waals surface area contributed by atoms with Gasteiger partial charge in [-0.3, -0.25) is 9.78 Å². The third kappa shape index (κ3) is 3.30. The van der Waals surface area contributed by atoms with E-state index in [1.54, 1.807) is 23.1 Å². The number of nitrogens with one attached hydrogen (secondary N) is 1. The molecule has 0 radical (unpaired) electrons. The first-order valence-electron chi connectivity index (χ1n) is 11.3. The molecule has 6 rings (SSSR count). The summed E-state index contributed by atoms with van der Waals surface area (Å²) in [5.74, 6) is 2.06. The molecule has 0 aromatic carbocycles. The standard InChI is InChI=1S/C24H22N8O/c1-13(15-5-8-18(28-12-15)14-3-4-14)32-23-20(19(11-25)31-32)24(33)30-22(29-23)17-7-6-16(17)21-26-9-2-10-27-21/h2,5,8-10,12-14,16-17H,3-4,6-7H2,1H3,(H,29,30,33)/t13?,16-,17+/m0/s1. The molecule has 0 aliphatic heterocycles. The largest absolute Gasteiger partial charge is 0.310 e. The first-order valence-corrected chi connectivity index (χ1v) is 11.3. The summed E-state index contributed by atoms with van der Waals surface area (Å²) in [4.78, 5) is 34.1. The molecule has 9 nitrogen and oxygen atoms in total. The molecule has 9 heteroatoms. The second-order valence-corrected chi connectivity index (χ2v) is 8.92. The fourth-order valence-corrected chi connectivity index (χ4v) is 4.65. The van der Waals surface area contributed by atoms with Crippen LogP contribution in [0.15, 0.2) is 41.6 Å². The minimum absolute atomic E-state index is 0.0215. The molecule has 164 valence electrons. The van der Waals surface area contributed by atoms with E-state index in [1.165, 1.54) is 12.8 Å². The molecule has 0 bridgehead atoms. The van der Waals surface area contributed by atoms with Crippen molar-refractivity contribution in [3.63, 3.8) is 0 Å². The van der Waals surface area contributed by atoms with Crippen molar-refractivity contribution in [3.8, 4) is 6.07 Å². The van der Waals surface area contributed by atoms with Gasteiger partial charge in [0, 0.05) is 42.0 Å². The van der Waals surface area contributed by atoms with Crippen molar-refractivity contribution in [2.45, 2.75) is 56.4 Å². The fourth-order valence-electron chi connectivity index (χ4n) is 4.65. The zero-order chi connectivity index (χ0) is 22.5. The molecular formula is C24H22N8O. The number of pyridine rings is 1. The summed E-state index contributed by atoms with van der Waals surface area (Å²) < 4.78 is 1.67. The highest BCUT2D eigenvalue weighted by molar-refractivity contribution is 5.80. The van der Waals surface area contributed by atoms with Gasteiger partial charge < -0.3 is 4.98 Å². The highest BCUT2D eigenvalue weighted by atomic mass is 16.1. The summed E-state index contributed by atoms with van der Waals surface area (Å²) in [5, 5.41) is 14.3. The lowest BCUT2D eigenvalue weighted by molar-refractivity contribution is 0.319. The van der Waals surface area contributed by atoms with Gasteiger partial charge in [0.05, 0.1) is 6.04 Å². The Bertz CT molecular complexity index is 1430. The molecule has 3 atom stereocenters. The lowest BCUT2D eigenvalue weighted by atomic mass is 9.72. The van der Waals surface area contributed by atoms with E-state index in [4.69, 9.17) is 4.98 Å². The molecule has 4 heterocycles. The van der Waals surface area contributed by atoms with Crippen LogP contribution in [-0.4, -0.2) is 34.7 Å². The van der Waals surface area contributed by atoms with E-state index < -0.39 is 0 Å². The second-order valence-electron chi connectivity index (χ2n) is 8.92. The highest BCUT2D eigenvalue weighted by Crippen LogP contribution is 2.46. The van der Waals surface area contributed by atoms with Crippen molar-refractivity contribution < 1.29 is 0 Å². The topological polar surface area (TPSA) is 126 Å². The molecular weight excluding hydrogens is 416 g/mol. The minimum Gasteiger partial charge on any atom is -0.310 e. The molecule has 4 aromatic rings. The van der Waals surface area contributed by atoms with E-state index in [1.807, 2.05) is 19.2 Å². The lowest BCUT2D eigenvalue weighted by Gasteiger charge is -2.34.